The highest BCUT2D eigenvalue weighted by Crippen LogP contribution is 2.66. The Bertz CT molecular complexity index is 1260. The third-order valence-electron chi connectivity index (χ3n) is 3.90. The van der Waals surface area contributed by atoms with Gasteiger partial charge in [-0.2, -0.15) is 8.62 Å². The van der Waals surface area contributed by atoms with Crippen molar-refractivity contribution < 1.29 is 61.4 Å². The molecule has 4 unspecified atom stereocenters. The molecular weight excluding hydrogens is 509 g/mol. The molecule has 1 saturated heterocycles. The molecule has 1 aliphatic heterocycles. The molecule has 0 spiro atoms. The van der Waals surface area contributed by atoms with E-state index in [9.17, 15) is 38.4 Å². The van der Waals surface area contributed by atoms with Gasteiger partial charge in [0.15, 0.2) is 11.7 Å². The van der Waals surface area contributed by atoms with Crippen molar-refractivity contribution in [3.8, 4) is 0 Å². The number of rotatable bonds is 8. The first kappa shape index (κ1) is 25.1. The first-order valence-electron chi connectivity index (χ1n) is 8.08. The lowest BCUT2D eigenvalue weighted by atomic mass is 10.1. The number of phosphoric acid groups is 3. The molecule has 3 rings (SSSR count). The quantitative estimate of drug-likeness (QED) is 0.164. The van der Waals surface area contributed by atoms with E-state index in [0.717, 1.165) is 10.9 Å². The summed E-state index contributed by atoms with van der Waals surface area (Å²) in [5.74, 6) is 0. The Balaban J connectivity index is 1.73. The molecule has 0 saturated carbocycles. The Kier molecular flexibility index (Phi) is 6.78. The standard InChI is InChI=1S/C10H15N4O15P3/c15-5-3(1-26-31(22,23)29-32(24,25)28-30(19,20)21)27-9(6(5)16)14-2-11-4-7(14)12-10(18)13-8(4)17/h2-3,5-6,9,15-16H,1H2,(H,22,23)(H,24,25)(H2,19,20,21)(H2,12,13,17,18)/t3-,5?,6?,9-/m1/s1. The van der Waals surface area contributed by atoms with Crippen molar-refractivity contribution in [2.75, 3.05) is 6.61 Å². The van der Waals surface area contributed by atoms with Crippen LogP contribution in [0.1, 0.15) is 6.23 Å². The first-order chi connectivity index (χ1) is 14.6. The number of ether oxygens (including phenoxy) is 1. The normalized spacial score (nSPS) is 27.9. The zero-order chi connectivity index (χ0) is 24.1. The monoisotopic (exact) mass is 524 g/mol. The summed E-state index contributed by atoms with van der Waals surface area (Å²) in [6.07, 6.45) is -5.54. The number of aromatic amines is 2. The highest BCUT2D eigenvalue weighted by atomic mass is 31.3. The van der Waals surface area contributed by atoms with E-state index in [2.05, 4.69) is 23.1 Å². The number of aromatic nitrogens is 4. The highest BCUT2D eigenvalue weighted by molar-refractivity contribution is 7.66. The number of nitrogens with one attached hydrogen (secondary N) is 2. The average Bonchev–Trinajstić information content (AvgIpc) is 3.12. The summed E-state index contributed by atoms with van der Waals surface area (Å²) in [6.45, 7) is -1.04. The molecule has 6 atom stereocenters. The van der Waals surface area contributed by atoms with Crippen molar-refractivity contribution in [1.29, 1.82) is 0 Å². The molecule has 1 aliphatic rings. The smallest absolute Gasteiger partial charge is 0.387 e. The van der Waals surface area contributed by atoms with Crippen LogP contribution >= 0.6 is 23.5 Å². The van der Waals surface area contributed by atoms with Gasteiger partial charge in [0.1, 0.15) is 24.0 Å². The van der Waals surface area contributed by atoms with E-state index in [1.54, 1.807) is 0 Å². The maximum atomic E-state index is 11.8. The SMILES string of the molecule is O=c1[nH]c(=O)c2ncn([C@@H]3O[C@H](COP(=O)(O)OP(=O)(O)OP(=O)(O)O)C(O)C3O)c2[nH]1. The van der Waals surface area contributed by atoms with Crippen LogP contribution in [0, 0.1) is 0 Å². The molecule has 1 fully saturated rings. The summed E-state index contributed by atoms with van der Waals surface area (Å²) in [7, 11) is -16.8. The number of phosphoric ester groups is 1. The molecular formula is C10H15N4O15P3. The van der Waals surface area contributed by atoms with Crippen LogP contribution in [-0.2, 0) is 31.6 Å². The van der Waals surface area contributed by atoms with Crippen LogP contribution in [0.3, 0.4) is 0 Å². The van der Waals surface area contributed by atoms with Gasteiger partial charge in [0.25, 0.3) is 5.56 Å². The van der Waals surface area contributed by atoms with Crippen molar-refractivity contribution in [3.05, 3.63) is 27.2 Å². The number of nitrogens with zero attached hydrogens (tertiary/aromatic N) is 2. The summed E-state index contributed by atoms with van der Waals surface area (Å²) in [6, 6.07) is 0. The minimum atomic E-state index is -5.75. The van der Waals surface area contributed by atoms with Crippen LogP contribution in [0.2, 0.25) is 0 Å². The lowest BCUT2D eigenvalue weighted by Gasteiger charge is -2.19. The molecule has 180 valence electrons. The predicted molar refractivity (Wildman–Crippen MR) is 96.7 cm³/mol. The summed E-state index contributed by atoms with van der Waals surface area (Å²) in [5, 5.41) is 20.3. The number of imidazole rings is 1. The Morgan fingerprint density at radius 3 is 2.31 bits per heavy atom. The highest BCUT2D eigenvalue weighted by Gasteiger charge is 2.46. The van der Waals surface area contributed by atoms with E-state index in [0.29, 0.717) is 0 Å². The van der Waals surface area contributed by atoms with Gasteiger partial charge in [-0.25, -0.2) is 23.5 Å². The summed E-state index contributed by atoms with van der Waals surface area (Å²) >= 11 is 0. The Morgan fingerprint density at radius 2 is 1.69 bits per heavy atom. The molecule has 0 radical (unpaired) electrons. The summed E-state index contributed by atoms with van der Waals surface area (Å²) in [5.41, 5.74) is -2.16. The van der Waals surface area contributed by atoms with Gasteiger partial charge in [-0.15, -0.1) is 0 Å². The maximum Gasteiger partial charge on any atom is 0.490 e. The largest absolute Gasteiger partial charge is 0.490 e. The van der Waals surface area contributed by atoms with Crippen molar-refractivity contribution in [2.24, 2.45) is 0 Å². The number of fused-ring (bicyclic) bond motifs is 1. The second-order valence-electron chi connectivity index (χ2n) is 6.19. The van der Waals surface area contributed by atoms with E-state index < -0.39 is 65.9 Å². The van der Waals surface area contributed by atoms with Gasteiger partial charge in [0.05, 0.1) is 12.9 Å². The van der Waals surface area contributed by atoms with Crippen molar-refractivity contribution in [1.82, 2.24) is 19.5 Å². The van der Waals surface area contributed by atoms with E-state index in [-0.39, 0.29) is 11.2 Å². The lowest BCUT2D eigenvalue weighted by Crippen LogP contribution is -2.33. The van der Waals surface area contributed by atoms with Crippen LogP contribution in [0.25, 0.3) is 11.2 Å². The fraction of sp³-hybridized carbons (Fsp3) is 0.500. The van der Waals surface area contributed by atoms with Crippen LogP contribution in [-0.4, -0.2) is 74.2 Å². The molecule has 2 aromatic rings. The first-order valence-corrected chi connectivity index (χ1v) is 12.6. The number of hydrogen-bond donors (Lipinski definition) is 8. The molecule has 0 amide bonds. The second kappa shape index (κ2) is 8.66. The van der Waals surface area contributed by atoms with Crippen LogP contribution in [0.4, 0.5) is 0 Å². The molecule has 22 heteroatoms. The van der Waals surface area contributed by atoms with Crippen LogP contribution in [0.5, 0.6) is 0 Å². The van der Waals surface area contributed by atoms with E-state index in [1.807, 2.05) is 4.98 Å². The van der Waals surface area contributed by atoms with Gasteiger partial charge in [0.2, 0.25) is 0 Å². The maximum absolute atomic E-state index is 11.8. The van der Waals surface area contributed by atoms with Gasteiger partial charge in [-0.1, -0.05) is 0 Å². The van der Waals surface area contributed by atoms with Gasteiger partial charge in [-0.3, -0.25) is 23.9 Å². The summed E-state index contributed by atoms with van der Waals surface area (Å²) < 4.78 is 51.4. The molecule has 0 bridgehead atoms. The number of hydrogen-bond acceptors (Lipinski definition) is 12. The van der Waals surface area contributed by atoms with Gasteiger partial charge >= 0.3 is 29.2 Å². The molecule has 8 N–H and O–H groups in total. The zero-order valence-electron chi connectivity index (χ0n) is 15.2. The predicted octanol–water partition coefficient (Wildman–Crippen LogP) is -2.62. The minimum Gasteiger partial charge on any atom is -0.387 e. The molecule has 3 heterocycles. The molecule has 2 aromatic heterocycles. The molecule has 0 aromatic carbocycles. The van der Waals surface area contributed by atoms with E-state index >= 15 is 0 Å². The average molecular weight is 524 g/mol. The second-order valence-corrected chi connectivity index (χ2v) is 10.6. The number of aliphatic hydroxyl groups excluding tert-OH is 2. The Labute approximate surface area is 174 Å². The van der Waals surface area contributed by atoms with Crippen molar-refractivity contribution in [3.63, 3.8) is 0 Å². The number of aliphatic hydroxyl groups is 2. The minimum absolute atomic E-state index is 0.177. The molecule has 0 aliphatic carbocycles. The fourth-order valence-electron chi connectivity index (χ4n) is 2.71. The van der Waals surface area contributed by atoms with E-state index in [4.69, 9.17) is 19.4 Å². The van der Waals surface area contributed by atoms with Gasteiger partial charge in [0, 0.05) is 0 Å². The fourth-order valence-corrected chi connectivity index (χ4v) is 5.74. The number of H-pyrrole nitrogens is 2. The van der Waals surface area contributed by atoms with Crippen LogP contribution in [0.15, 0.2) is 15.9 Å². The third-order valence-corrected chi connectivity index (χ3v) is 7.70. The van der Waals surface area contributed by atoms with Gasteiger partial charge < -0.3 is 34.5 Å². The Morgan fingerprint density at radius 1 is 1.03 bits per heavy atom. The molecule has 32 heavy (non-hydrogen) atoms. The topological polar surface area (TPSA) is 293 Å². The van der Waals surface area contributed by atoms with E-state index in [1.165, 1.54) is 0 Å². The third kappa shape index (κ3) is 5.67. The zero-order valence-corrected chi connectivity index (χ0v) is 17.9. The van der Waals surface area contributed by atoms with Gasteiger partial charge in [-0.05, 0) is 0 Å². The Hall–Kier alpha value is -1.56. The van der Waals surface area contributed by atoms with Crippen molar-refractivity contribution >= 4 is 34.6 Å². The van der Waals surface area contributed by atoms with Crippen LogP contribution < -0.4 is 11.2 Å². The molecule has 19 nitrogen and oxygen atoms in total. The summed E-state index contributed by atoms with van der Waals surface area (Å²) in [4.78, 5) is 66.7. The lowest BCUT2D eigenvalue weighted by molar-refractivity contribution is -0.0503. The van der Waals surface area contributed by atoms with Crippen molar-refractivity contribution in [2.45, 2.75) is 24.5 Å².